The fourth-order valence-corrected chi connectivity index (χ4v) is 0.859. The number of halogens is 1. The summed E-state index contributed by atoms with van der Waals surface area (Å²) in [6, 6.07) is 1.35. The Bertz CT molecular complexity index is 225. The molecule has 0 unspecified atom stereocenters. The molecule has 0 N–H and O–H groups in total. The molecule has 0 aliphatic carbocycles. The van der Waals surface area contributed by atoms with Gasteiger partial charge in [-0.15, -0.1) is 0 Å². The van der Waals surface area contributed by atoms with Gasteiger partial charge in [0.1, 0.15) is 5.82 Å². The lowest BCUT2D eigenvalue weighted by Crippen LogP contribution is -1.96. The van der Waals surface area contributed by atoms with Crippen molar-refractivity contribution in [1.29, 1.82) is 0 Å². The van der Waals surface area contributed by atoms with Crippen LogP contribution in [-0.2, 0) is 6.42 Å². The molecule has 1 heterocycles. The molecule has 11 heavy (non-hydrogen) atoms. The van der Waals surface area contributed by atoms with Crippen LogP contribution in [0.3, 0.4) is 0 Å². The molecular formula is C8H11FN2. The maximum absolute atomic E-state index is 12.8. The molecule has 1 rings (SSSR count). The van der Waals surface area contributed by atoms with Crippen LogP contribution >= 0.6 is 0 Å². The van der Waals surface area contributed by atoms with Gasteiger partial charge >= 0.3 is 0 Å². The van der Waals surface area contributed by atoms with Gasteiger partial charge in [0.25, 0.3) is 0 Å². The second kappa shape index (κ2) is 4.01. The summed E-state index contributed by atoms with van der Waals surface area (Å²) >= 11 is 0. The lowest BCUT2D eigenvalue weighted by Gasteiger charge is -1.97. The molecule has 0 spiro atoms. The van der Waals surface area contributed by atoms with Crippen LogP contribution in [-0.4, -0.2) is 10.2 Å². The third-order valence-electron chi connectivity index (χ3n) is 1.51. The summed E-state index contributed by atoms with van der Waals surface area (Å²) in [6.45, 7) is 2.06. The van der Waals surface area contributed by atoms with E-state index in [-0.39, 0.29) is 5.82 Å². The van der Waals surface area contributed by atoms with Gasteiger partial charge in [0.05, 0.1) is 11.9 Å². The molecule has 0 saturated carbocycles. The summed E-state index contributed by atoms with van der Waals surface area (Å²) in [5.74, 6) is -0.242. The molecule has 0 amide bonds. The van der Waals surface area contributed by atoms with E-state index >= 15 is 0 Å². The summed E-state index contributed by atoms with van der Waals surface area (Å²) in [5, 5.41) is 7.30. The molecule has 0 radical (unpaired) electrons. The smallest absolute Gasteiger partial charge is 0.148 e. The zero-order valence-corrected chi connectivity index (χ0v) is 6.55. The first-order valence-electron chi connectivity index (χ1n) is 3.80. The molecular weight excluding hydrogens is 143 g/mol. The molecule has 0 atom stereocenters. The zero-order valence-electron chi connectivity index (χ0n) is 6.55. The van der Waals surface area contributed by atoms with Crippen molar-refractivity contribution < 1.29 is 4.39 Å². The number of hydrogen-bond acceptors (Lipinski definition) is 2. The van der Waals surface area contributed by atoms with E-state index in [1.54, 1.807) is 0 Å². The van der Waals surface area contributed by atoms with E-state index in [9.17, 15) is 4.39 Å². The topological polar surface area (TPSA) is 25.8 Å². The maximum Gasteiger partial charge on any atom is 0.148 e. The van der Waals surface area contributed by atoms with E-state index in [1.165, 1.54) is 12.3 Å². The van der Waals surface area contributed by atoms with E-state index in [0.717, 1.165) is 12.8 Å². The lowest BCUT2D eigenvalue weighted by molar-refractivity contribution is 0.581. The predicted octanol–water partition coefficient (Wildman–Crippen LogP) is 1.96. The van der Waals surface area contributed by atoms with Crippen molar-refractivity contribution in [3.63, 3.8) is 0 Å². The van der Waals surface area contributed by atoms with Crippen LogP contribution in [0.4, 0.5) is 4.39 Å². The zero-order chi connectivity index (χ0) is 8.10. The van der Waals surface area contributed by atoms with E-state index in [4.69, 9.17) is 0 Å². The predicted molar refractivity (Wildman–Crippen MR) is 40.6 cm³/mol. The molecule has 1 aromatic heterocycles. The lowest BCUT2D eigenvalue weighted by atomic mass is 10.2. The molecule has 0 aromatic carbocycles. The number of nitrogens with zero attached hydrogens (tertiary/aromatic N) is 2. The number of aromatic nitrogens is 2. The van der Waals surface area contributed by atoms with Gasteiger partial charge < -0.3 is 0 Å². The largest absolute Gasteiger partial charge is 0.205 e. The van der Waals surface area contributed by atoms with Crippen molar-refractivity contribution in [3.05, 3.63) is 23.8 Å². The molecule has 0 fully saturated rings. The van der Waals surface area contributed by atoms with Gasteiger partial charge in [-0.1, -0.05) is 13.3 Å². The molecule has 0 saturated heterocycles. The van der Waals surface area contributed by atoms with Crippen molar-refractivity contribution in [2.75, 3.05) is 0 Å². The van der Waals surface area contributed by atoms with Crippen LogP contribution in [0.2, 0.25) is 0 Å². The summed E-state index contributed by atoms with van der Waals surface area (Å²) in [7, 11) is 0. The molecule has 0 aliphatic heterocycles. The van der Waals surface area contributed by atoms with Gasteiger partial charge in [-0.2, -0.15) is 10.2 Å². The van der Waals surface area contributed by atoms with Gasteiger partial charge in [-0.25, -0.2) is 4.39 Å². The fraction of sp³-hybridized carbons (Fsp3) is 0.500. The fourth-order valence-electron chi connectivity index (χ4n) is 0.859. The molecule has 3 heteroatoms. The minimum absolute atomic E-state index is 0.242. The van der Waals surface area contributed by atoms with Crippen LogP contribution in [0.1, 0.15) is 25.5 Å². The number of aryl methyl sites for hydroxylation is 1. The first-order chi connectivity index (χ1) is 5.34. The monoisotopic (exact) mass is 154 g/mol. The SMILES string of the molecule is CCCCc1nnccc1F. The first kappa shape index (κ1) is 8.11. The van der Waals surface area contributed by atoms with Crippen LogP contribution in [0, 0.1) is 5.82 Å². The van der Waals surface area contributed by atoms with Gasteiger partial charge in [0, 0.05) is 0 Å². The molecule has 2 nitrogen and oxygen atoms in total. The third-order valence-corrected chi connectivity index (χ3v) is 1.51. The summed E-state index contributed by atoms with van der Waals surface area (Å²) in [4.78, 5) is 0. The molecule has 60 valence electrons. The average Bonchev–Trinajstić information content (AvgIpc) is 2.03. The van der Waals surface area contributed by atoms with Gasteiger partial charge in [-0.05, 0) is 18.9 Å². The number of rotatable bonds is 3. The Morgan fingerprint density at radius 1 is 1.55 bits per heavy atom. The van der Waals surface area contributed by atoms with Gasteiger partial charge in [-0.3, -0.25) is 0 Å². The Kier molecular flexibility index (Phi) is 2.95. The Balaban J connectivity index is 2.62. The Morgan fingerprint density at radius 2 is 2.36 bits per heavy atom. The number of hydrogen-bond donors (Lipinski definition) is 0. The minimum atomic E-state index is -0.242. The van der Waals surface area contributed by atoms with E-state index in [1.807, 2.05) is 0 Å². The molecule has 0 aliphatic rings. The molecule has 1 aromatic rings. The summed E-state index contributed by atoms with van der Waals surface area (Å²) < 4.78 is 12.8. The maximum atomic E-state index is 12.8. The first-order valence-corrected chi connectivity index (χ1v) is 3.80. The summed E-state index contributed by atoms with van der Waals surface area (Å²) in [5.41, 5.74) is 0.481. The highest BCUT2D eigenvalue weighted by molar-refractivity contribution is 5.02. The second-order valence-corrected chi connectivity index (χ2v) is 2.43. The average molecular weight is 154 g/mol. The van der Waals surface area contributed by atoms with Crippen LogP contribution < -0.4 is 0 Å². The minimum Gasteiger partial charge on any atom is -0.205 e. The van der Waals surface area contributed by atoms with Crippen molar-refractivity contribution in [2.24, 2.45) is 0 Å². The molecule has 0 bridgehead atoms. The summed E-state index contributed by atoms with van der Waals surface area (Å²) in [6.07, 6.45) is 4.08. The van der Waals surface area contributed by atoms with Crippen molar-refractivity contribution in [3.8, 4) is 0 Å². The third kappa shape index (κ3) is 2.26. The standard InChI is InChI=1S/C8H11FN2/c1-2-3-4-8-7(9)5-6-10-11-8/h5-6H,2-4H2,1H3. The van der Waals surface area contributed by atoms with E-state index in [2.05, 4.69) is 17.1 Å². The van der Waals surface area contributed by atoms with Crippen LogP contribution in [0.5, 0.6) is 0 Å². The van der Waals surface area contributed by atoms with Crippen molar-refractivity contribution in [2.45, 2.75) is 26.2 Å². The van der Waals surface area contributed by atoms with E-state index < -0.39 is 0 Å². The van der Waals surface area contributed by atoms with Gasteiger partial charge in [0.2, 0.25) is 0 Å². The Labute approximate surface area is 65.5 Å². The van der Waals surface area contributed by atoms with Crippen LogP contribution in [0.15, 0.2) is 12.3 Å². The van der Waals surface area contributed by atoms with Gasteiger partial charge in [0.15, 0.2) is 0 Å². The highest BCUT2D eigenvalue weighted by atomic mass is 19.1. The highest BCUT2D eigenvalue weighted by Gasteiger charge is 2.00. The normalized spacial score (nSPS) is 10.0. The van der Waals surface area contributed by atoms with E-state index in [0.29, 0.717) is 12.1 Å². The Morgan fingerprint density at radius 3 is 3.00 bits per heavy atom. The Hall–Kier alpha value is -0.990. The van der Waals surface area contributed by atoms with Crippen molar-refractivity contribution >= 4 is 0 Å². The second-order valence-electron chi connectivity index (χ2n) is 2.43. The number of unbranched alkanes of at least 4 members (excludes halogenated alkanes) is 1. The van der Waals surface area contributed by atoms with Crippen LogP contribution in [0.25, 0.3) is 0 Å². The quantitative estimate of drug-likeness (QED) is 0.665. The highest BCUT2D eigenvalue weighted by Crippen LogP contribution is 2.04. The van der Waals surface area contributed by atoms with Crippen molar-refractivity contribution in [1.82, 2.24) is 10.2 Å².